The Morgan fingerprint density at radius 3 is 2.81 bits per heavy atom. The summed E-state index contributed by atoms with van der Waals surface area (Å²) in [5.74, 6) is -0.356. The van der Waals surface area contributed by atoms with Gasteiger partial charge in [0.1, 0.15) is 6.04 Å². The second-order valence-electron chi connectivity index (χ2n) is 3.50. The smallest absolute Gasteiger partial charge is 0.252 e. The highest BCUT2D eigenvalue weighted by atomic mass is 32.1. The van der Waals surface area contributed by atoms with E-state index in [2.05, 4.69) is 10.6 Å². The van der Waals surface area contributed by atoms with E-state index < -0.39 is 6.04 Å². The van der Waals surface area contributed by atoms with E-state index in [0.29, 0.717) is 12.1 Å². The lowest BCUT2D eigenvalue weighted by Gasteiger charge is -2.13. The van der Waals surface area contributed by atoms with E-state index >= 15 is 0 Å². The molecule has 0 aliphatic rings. The van der Waals surface area contributed by atoms with Gasteiger partial charge in [0.25, 0.3) is 5.91 Å². The summed E-state index contributed by atoms with van der Waals surface area (Å²) in [5.41, 5.74) is 0.597. The van der Waals surface area contributed by atoms with Crippen molar-refractivity contribution in [3.63, 3.8) is 0 Å². The highest BCUT2D eigenvalue weighted by Gasteiger charge is 2.15. The zero-order valence-corrected chi connectivity index (χ0v) is 10.3. The van der Waals surface area contributed by atoms with Crippen molar-refractivity contribution in [2.75, 3.05) is 6.54 Å². The highest BCUT2D eigenvalue weighted by molar-refractivity contribution is 7.08. The van der Waals surface area contributed by atoms with Crippen LogP contribution in [-0.4, -0.2) is 24.4 Å². The molecule has 1 unspecified atom stereocenters. The predicted molar refractivity (Wildman–Crippen MR) is 64.5 cm³/mol. The van der Waals surface area contributed by atoms with Crippen LogP contribution in [-0.2, 0) is 4.79 Å². The van der Waals surface area contributed by atoms with Crippen LogP contribution in [0.5, 0.6) is 0 Å². The fourth-order valence-electron chi connectivity index (χ4n) is 1.14. The van der Waals surface area contributed by atoms with Crippen molar-refractivity contribution in [3.05, 3.63) is 22.4 Å². The average molecular weight is 240 g/mol. The molecule has 1 rings (SSSR count). The normalized spacial score (nSPS) is 11.9. The summed E-state index contributed by atoms with van der Waals surface area (Å²) < 4.78 is 0. The van der Waals surface area contributed by atoms with Crippen molar-refractivity contribution in [1.29, 1.82) is 0 Å². The third-order valence-corrected chi connectivity index (χ3v) is 2.76. The summed E-state index contributed by atoms with van der Waals surface area (Å²) >= 11 is 1.46. The van der Waals surface area contributed by atoms with Gasteiger partial charge in [0.15, 0.2) is 0 Å². The Bertz CT molecular complexity index is 349. The molecule has 0 radical (unpaired) electrons. The van der Waals surface area contributed by atoms with Gasteiger partial charge in [-0.1, -0.05) is 6.92 Å². The van der Waals surface area contributed by atoms with Gasteiger partial charge in [-0.15, -0.1) is 0 Å². The minimum atomic E-state index is -0.501. The van der Waals surface area contributed by atoms with E-state index in [9.17, 15) is 9.59 Å². The van der Waals surface area contributed by atoms with Gasteiger partial charge in [-0.3, -0.25) is 9.59 Å². The van der Waals surface area contributed by atoms with Crippen molar-refractivity contribution >= 4 is 23.2 Å². The summed E-state index contributed by atoms with van der Waals surface area (Å²) in [6, 6.07) is 1.23. The van der Waals surface area contributed by atoms with Crippen LogP contribution in [0.3, 0.4) is 0 Å². The summed E-state index contributed by atoms with van der Waals surface area (Å²) in [4.78, 5) is 23.1. The molecule has 1 atom stereocenters. The number of carbonyl (C=O) groups is 2. The highest BCUT2D eigenvalue weighted by Crippen LogP contribution is 2.05. The van der Waals surface area contributed by atoms with Crippen LogP contribution in [0, 0.1) is 0 Å². The first-order chi connectivity index (χ1) is 7.65. The lowest BCUT2D eigenvalue weighted by atomic mass is 10.2. The lowest BCUT2D eigenvalue weighted by Crippen LogP contribution is -2.44. The minimum Gasteiger partial charge on any atom is -0.354 e. The first-order valence-corrected chi connectivity index (χ1v) is 6.20. The van der Waals surface area contributed by atoms with E-state index in [1.54, 1.807) is 18.4 Å². The van der Waals surface area contributed by atoms with Crippen LogP contribution in [0.4, 0.5) is 0 Å². The van der Waals surface area contributed by atoms with Crippen LogP contribution in [0.2, 0.25) is 0 Å². The summed E-state index contributed by atoms with van der Waals surface area (Å²) in [7, 11) is 0. The van der Waals surface area contributed by atoms with Crippen molar-refractivity contribution < 1.29 is 9.59 Å². The first-order valence-electron chi connectivity index (χ1n) is 5.26. The molecule has 5 heteroatoms. The number of hydrogen-bond acceptors (Lipinski definition) is 3. The van der Waals surface area contributed by atoms with Gasteiger partial charge in [-0.2, -0.15) is 11.3 Å². The molecule has 2 N–H and O–H groups in total. The zero-order chi connectivity index (χ0) is 12.0. The lowest BCUT2D eigenvalue weighted by molar-refractivity contribution is -0.122. The Labute approximate surface area is 99.0 Å². The first kappa shape index (κ1) is 12.7. The molecule has 16 heavy (non-hydrogen) atoms. The number of hydrogen-bond donors (Lipinski definition) is 2. The van der Waals surface area contributed by atoms with Crippen LogP contribution < -0.4 is 10.6 Å². The van der Waals surface area contributed by atoms with E-state index in [-0.39, 0.29) is 11.8 Å². The molecule has 0 saturated carbocycles. The average Bonchev–Trinajstić information content (AvgIpc) is 2.79. The molecular formula is C11H16N2O2S. The second-order valence-corrected chi connectivity index (χ2v) is 4.28. The topological polar surface area (TPSA) is 58.2 Å². The molecule has 0 spiro atoms. The number of thiophene rings is 1. The van der Waals surface area contributed by atoms with E-state index in [4.69, 9.17) is 0 Å². The quantitative estimate of drug-likeness (QED) is 0.817. The van der Waals surface area contributed by atoms with Gasteiger partial charge in [0, 0.05) is 11.9 Å². The molecule has 1 aromatic rings. The molecule has 1 aromatic heterocycles. The predicted octanol–water partition coefficient (Wildman–Crippen LogP) is 1.39. The summed E-state index contributed by atoms with van der Waals surface area (Å²) in [6.07, 6.45) is 0.886. The van der Waals surface area contributed by atoms with Gasteiger partial charge >= 0.3 is 0 Å². The Hall–Kier alpha value is -1.36. The maximum Gasteiger partial charge on any atom is 0.252 e. The minimum absolute atomic E-state index is 0.148. The van der Waals surface area contributed by atoms with Crippen molar-refractivity contribution in [3.8, 4) is 0 Å². The number of amides is 2. The molecule has 2 amide bonds. The second kappa shape index (κ2) is 6.27. The summed E-state index contributed by atoms with van der Waals surface area (Å²) in [6.45, 7) is 4.29. The maximum atomic E-state index is 11.6. The Balaban J connectivity index is 2.42. The fourth-order valence-corrected chi connectivity index (χ4v) is 1.78. The van der Waals surface area contributed by atoms with Gasteiger partial charge in [0.05, 0.1) is 5.56 Å². The van der Waals surface area contributed by atoms with Gasteiger partial charge in [-0.05, 0) is 24.8 Å². The number of nitrogens with one attached hydrogen (secondary N) is 2. The molecule has 0 aliphatic heterocycles. The van der Waals surface area contributed by atoms with E-state index in [0.717, 1.165) is 6.42 Å². The number of carbonyl (C=O) groups excluding carboxylic acids is 2. The maximum absolute atomic E-state index is 11.6. The zero-order valence-electron chi connectivity index (χ0n) is 9.45. The molecule has 0 saturated heterocycles. The molecular weight excluding hydrogens is 224 g/mol. The summed E-state index contributed by atoms with van der Waals surface area (Å²) in [5, 5.41) is 8.96. The Morgan fingerprint density at radius 2 is 2.25 bits per heavy atom. The van der Waals surface area contributed by atoms with E-state index in [1.165, 1.54) is 11.3 Å². The van der Waals surface area contributed by atoms with Crippen molar-refractivity contribution in [2.45, 2.75) is 26.3 Å². The molecule has 1 heterocycles. The third kappa shape index (κ3) is 3.66. The molecule has 0 bridgehead atoms. The van der Waals surface area contributed by atoms with Gasteiger partial charge < -0.3 is 10.6 Å². The van der Waals surface area contributed by atoms with Crippen molar-refractivity contribution in [2.24, 2.45) is 0 Å². The fraction of sp³-hybridized carbons (Fsp3) is 0.455. The largest absolute Gasteiger partial charge is 0.354 e. The van der Waals surface area contributed by atoms with Crippen LogP contribution >= 0.6 is 11.3 Å². The number of rotatable bonds is 5. The Kier molecular flexibility index (Phi) is 4.98. The van der Waals surface area contributed by atoms with E-state index in [1.807, 2.05) is 12.3 Å². The SMILES string of the molecule is CCCNC(=O)C(C)NC(=O)c1ccsc1. The van der Waals surface area contributed by atoms with Gasteiger partial charge in [0.2, 0.25) is 5.91 Å². The molecule has 0 aliphatic carbocycles. The molecule has 88 valence electrons. The van der Waals surface area contributed by atoms with Crippen LogP contribution in [0.1, 0.15) is 30.6 Å². The van der Waals surface area contributed by atoms with Crippen molar-refractivity contribution in [1.82, 2.24) is 10.6 Å². The molecule has 0 fully saturated rings. The molecule has 0 aromatic carbocycles. The molecule has 4 nitrogen and oxygen atoms in total. The van der Waals surface area contributed by atoms with Gasteiger partial charge in [-0.25, -0.2) is 0 Å². The monoisotopic (exact) mass is 240 g/mol. The van der Waals surface area contributed by atoms with Crippen LogP contribution in [0.15, 0.2) is 16.8 Å². The third-order valence-electron chi connectivity index (χ3n) is 2.07. The Morgan fingerprint density at radius 1 is 1.50 bits per heavy atom. The van der Waals surface area contributed by atoms with Crippen LogP contribution in [0.25, 0.3) is 0 Å². The standard InChI is InChI=1S/C11H16N2O2S/c1-3-5-12-10(14)8(2)13-11(15)9-4-6-16-7-9/h4,6-8H,3,5H2,1-2H3,(H,12,14)(H,13,15).